The SMILES string of the molecule is CC(C)(C)Oc1ccc(CNCc2cccc(C(=O)O)c2)cn1. The predicted octanol–water partition coefficient (Wildman–Crippen LogP) is 3.25. The van der Waals surface area contributed by atoms with E-state index in [4.69, 9.17) is 9.84 Å². The highest BCUT2D eigenvalue weighted by molar-refractivity contribution is 5.87. The van der Waals surface area contributed by atoms with Crippen molar-refractivity contribution in [1.29, 1.82) is 0 Å². The lowest BCUT2D eigenvalue weighted by Crippen LogP contribution is -2.23. The van der Waals surface area contributed by atoms with E-state index in [2.05, 4.69) is 10.3 Å². The summed E-state index contributed by atoms with van der Waals surface area (Å²) < 4.78 is 5.68. The van der Waals surface area contributed by atoms with Gasteiger partial charge in [0.2, 0.25) is 5.88 Å². The summed E-state index contributed by atoms with van der Waals surface area (Å²) >= 11 is 0. The van der Waals surface area contributed by atoms with Crippen LogP contribution in [0, 0.1) is 0 Å². The van der Waals surface area contributed by atoms with Crippen molar-refractivity contribution >= 4 is 5.97 Å². The van der Waals surface area contributed by atoms with Crippen LogP contribution in [0.4, 0.5) is 0 Å². The van der Waals surface area contributed by atoms with Gasteiger partial charge in [-0.05, 0) is 44.0 Å². The van der Waals surface area contributed by atoms with Gasteiger partial charge in [-0.25, -0.2) is 9.78 Å². The van der Waals surface area contributed by atoms with Crippen LogP contribution in [0.25, 0.3) is 0 Å². The van der Waals surface area contributed by atoms with Gasteiger partial charge in [0.15, 0.2) is 0 Å². The van der Waals surface area contributed by atoms with Crippen LogP contribution < -0.4 is 10.1 Å². The second-order valence-corrected chi connectivity index (χ2v) is 6.33. The first kappa shape index (κ1) is 17.0. The van der Waals surface area contributed by atoms with E-state index < -0.39 is 5.97 Å². The average molecular weight is 314 g/mol. The van der Waals surface area contributed by atoms with Crippen molar-refractivity contribution in [3.63, 3.8) is 0 Å². The summed E-state index contributed by atoms with van der Waals surface area (Å²) in [5, 5.41) is 12.3. The van der Waals surface area contributed by atoms with E-state index in [1.165, 1.54) is 0 Å². The molecule has 0 unspecified atom stereocenters. The minimum absolute atomic E-state index is 0.262. The van der Waals surface area contributed by atoms with Gasteiger partial charge in [0.05, 0.1) is 5.56 Å². The highest BCUT2D eigenvalue weighted by Crippen LogP contribution is 2.15. The highest BCUT2D eigenvalue weighted by Gasteiger charge is 2.12. The Labute approximate surface area is 136 Å². The Balaban J connectivity index is 1.87. The molecule has 1 heterocycles. The molecule has 0 aliphatic carbocycles. The van der Waals surface area contributed by atoms with Crippen LogP contribution in [-0.4, -0.2) is 21.7 Å². The van der Waals surface area contributed by atoms with E-state index in [0.29, 0.717) is 24.5 Å². The smallest absolute Gasteiger partial charge is 0.335 e. The van der Waals surface area contributed by atoms with Crippen LogP contribution in [0.15, 0.2) is 42.6 Å². The first-order valence-corrected chi connectivity index (χ1v) is 7.50. The van der Waals surface area contributed by atoms with Gasteiger partial charge in [-0.3, -0.25) is 0 Å². The second-order valence-electron chi connectivity index (χ2n) is 6.33. The standard InChI is InChI=1S/C18H22N2O3/c1-18(2,3)23-16-8-7-14(12-20-16)11-19-10-13-5-4-6-15(9-13)17(21)22/h4-9,12,19H,10-11H2,1-3H3,(H,21,22). The fourth-order valence-electron chi connectivity index (χ4n) is 2.06. The van der Waals surface area contributed by atoms with E-state index in [0.717, 1.165) is 11.1 Å². The summed E-state index contributed by atoms with van der Waals surface area (Å²) in [7, 11) is 0. The monoisotopic (exact) mass is 314 g/mol. The molecule has 2 N–H and O–H groups in total. The number of nitrogens with zero attached hydrogens (tertiary/aromatic N) is 1. The average Bonchev–Trinajstić information content (AvgIpc) is 2.48. The molecule has 0 saturated heterocycles. The van der Waals surface area contributed by atoms with Gasteiger partial charge in [-0.1, -0.05) is 18.2 Å². The lowest BCUT2D eigenvalue weighted by molar-refractivity contribution is 0.0696. The van der Waals surface area contributed by atoms with E-state index in [9.17, 15) is 4.79 Å². The quantitative estimate of drug-likeness (QED) is 0.856. The zero-order valence-corrected chi connectivity index (χ0v) is 13.7. The molecule has 1 aromatic heterocycles. The normalized spacial score (nSPS) is 11.3. The number of ether oxygens (including phenoxy) is 1. The number of aromatic carboxylic acids is 1. The zero-order valence-electron chi connectivity index (χ0n) is 13.7. The molecule has 23 heavy (non-hydrogen) atoms. The number of benzene rings is 1. The third kappa shape index (κ3) is 5.71. The third-order valence-electron chi connectivity index (χ3n) is 3.04. The maximum Gasteiger partial charge on any atom is 0.335 e. The molecule has 5 heteroatoms. The Morgan fingerprint density at radius 1 is 1.17 bits per heavy atom. The van der Waals surface area contributed by atoms with Crippen LogP contribution in [0.1, 0.15) is 42.3 Å². The summed E-state index contributed by atoms with van der Waals surface area (Å²) in [6, 6.07) is 10.7. The molecular weight excluding hydrogens is 292 g/mol. The van der Waals surface area contributed by atoms with Gasteiger partial charge < -0.3 is 15.2 Å². The Morgan fingerprint density at radius 3 is 2.52 bits per heavy atom. The Kier molecular flexibility index (Phi) is 5.34. The van der Waals surface area contributed by atoms with Gasteiger partial charge >= 0.3 is 5.97 Å². The van der Waals surface area contributed by atoms with E-state index >= 15 is 0 Å². The number of carbonyl (C=O) groups is 1. The van der Waals surface area contributed by atoms with Crippen LogP contribution in [-0.2, 0) is 13.1 Å². The largest absolute Gasteiger partial charge is 0.478 e. The highest BCUT2D eigenvalue weighted by atomic mass is 16.5. The number of rotatable bonds is 6. The fourth-order valence-corrected chi connectivity index (χ4v) is 2.06. The maximum absolute atomic E-state index is 10.9. The van der Waals surface area contributed by atoms with Crippen molar-refractivity contribution in [2.75, 3.05) is 0 Å². The molecule has 2 aromatic rings. The number of pyridine rings is 1. The first-order valence-electron chi connectivity index (χ1n) is 7.50. The number of carboxylic acids is 1. The van der Waals surface area contributed by atoms with Gasteiger partial charge in [-0.15, -0.1) is 0 Å². The van der Waals surface area contributed by atoms with E-state index in [-0.39, 0.29) is 5.60 Å². The lowest BCUT2D eigenvalue weighted by atomic mass is 10.1. The molecule has 0 amide bonds. The number of hydrogen-bond acceptors (Lipinski definition) is 4. The summed E-state index contributed by atoms with van der Waals surface area (Å²) in [5.74, 6) is -0.305. The van der Waals surface area contributed by atoms with Crippen LogP contribution in [0.2, 0.25) is 0 Å². The minimum atomic E-state index is -0.912. The molecule has 0 saturated carbocycles. The number of nitrogens with one attached hydrogen (secondary N) is 1. The van der Waals surface area contributed by atoms with Crippen LogP contribution >= 0.6 is 0 Å². The third-order valence-corrected chi connectivity index (χ3v) is 3.04. The van der Waals surface area contributed by atoms with Crippen LogP contribution in [0.3, 0.4) is 0 Å². The summed E-state index contributed by atoms with van der Waals surface area (Å²) in [6.07, 6.45) is 1.78. The minimum Gasteiger partial charge on any atom is -0.478 e. The van der Waals surface area contributed by atoms with Crippen molar-refractivity contribution < 1.29 is 14.6 Å². The molecule has 0 radical (unpaired) electrons. The van der Waals surface area contributed by atoms with Gasteiger partial charge in [-0.2, -0.15) is 0 Å². The van der Waals surface area contributed by atoms with E-state index in [1.54, 1.807) is 24.4 Å². The summed E-state index contributed by atoms with van der Waals surface area (Å²) in [4.78, 5) is 15.2. The van der Waals surface area contributed by atoms with Crippen molar-refractivity contribution in [3.8, 4) is 5.88 Å². The molecule has 0 fully saturated rings. The van der Waals surface area contributed by atoms with E-state index in [1.807, 2.05) is 39.0 Å². The number of carboxylic acid groups (broad SMARTS) is 1. The molecule has 0 atom stereocenters. The van der Waals surface area contributed by atoms with Gasteiger partial charge in [0.25, 0.3) is 0 Å². The second kappa shape index (κ2) is 7.24. The predicted molar refractivity (Wildman–Crippen MR) is 88.6 cm³/mol. The van der Waals surface area contributed by atoms with Crippen molar-refractivity contribution in [2.45, 2.75) is 39.5 Å². The summed E-state index contributed by atoms with van der Waals surface area (Å²) in [6.45, 7) is 7.20. The lowest BCUT2D eigenvalue weighted by Gasteiger charge is -2.20. The molecule has 2 rings (SSSR count). The summed E-state index contributed by atoms with van der Waals surface area (Å²) in [5.41, 5.74) is 2.02. The first-order chi connectivity index (χ1) is 10.8. The Morgan fingerprint density at radius 2 is 1.91 bits per heavy atom. The number of aromatic nitrogens is 1. The molecule has 0 spiro atoms. The molecule has 0 aliphatic rings. The van der Waals surface area contributed by atoms with Crippen molar-refractivity contribution in [2.24, 2.45) is 0 Å². The topological polar surface area (TPSA) is 71.5 Å². The van der Waals surface area contributed by atoms with Crippen molar-refractivity contribution in [1.82, 2.24) is 10.3 Å². The fraction of sp³-hybridized carbons (Fsp3) is 0.333. The maximum atomic E-state index is 10.9. The molecule has 5 nitrogen and oxygen atoms in total. The van der Waals surface area contributed by atoms with Crippen molar-refractivity contribution in [3.05, 3.63) is 59.3 Å². The van der Waals surface area contributed by atoms with Gasteiger partial charge in [0, 0.05) is 25.4 Å². The van der Waals surface area contributed by atoms with Crippen LogP contribution in [0.5, 0.6) is 5.88 Å². The molecule has 122 valence electrons. The molecule has 0 bridgehead atoms. The molecule has 0 aliphatic heterocycles. The number of hydrogen-bond donors (Lipinski definition) is 2. The zero-order chi connectivity index (χ0) is 16.9. The Hall–Kier alpha value is -2.40. The molecule has 1 aromatic carbocycles. The Bertz CT molecular complexity index is 661. The van der Waals surface area contributed by atoms with Gasteiger partial charge in [0.1, 0.15) is 5.60 Å². The molecular formula is C18H22N2O3.